The van der Waals surface area contributed by atoms with Gasteiger partial charge in [0, 0.05) is 36.6 Å². The molecule has 200 valence electrons. The summed E-state index contributed by atoms with van der Waals surface area (Å²) in [6.45, 7) is 10.4. The third-order valence-electron chi connectivity index (χ3n) is 6.96. The zero-order valence-corrected chi connectivity index (χ0v) is 24.5. The molecule has 1 amide bonds. The quantitative estimate of drug-likeness (QED) is 0.308. The molecule has 4 rings (SSSR count). The predicted octanol–water partition coefficient (Wildman–Crippen LogP) is 5.43. The van der Waals surface area contributed by atoms with E-state index in [2.05, 4.69) is 25.7 Å². The standard InChI is InChI=1S/C27H36N4O3S3/c1-5-29(6-2)17-18-31(27-28-25-23(35-4)10-7-11-24(25)36-27)26(32)21-12-14-22(15-13-21)37(33,34)30-16-8-9-20(3)19-30/h7,10-15,20H,5-6,8-9,16-19H2,1-4H3. The number of fused-ring (bicyclic) bond motifs is 1. The van der Waals surface area contributed by atoms with Crippen molar-refractivity contribution in [2.75, 3.05) is 50.4 Å². The Morgan fingerprint density at radius 3 is 2.51 bits per heavy atom. The van der Waals surface area contributed by atoms with Crippen molar-refractivity contribution in [2.45, 2.75) is 43.4 Å². The van der Waals surface area contributed by atoms with Crippen LogP contribution in [0, 0.1) is 5.92 Å². The Labute approximate surface area is 228 Å². The van der Waals surface area contributed by atoms with Crippen molar-refractivity contribution in [1.29, 1.82) is 0 Å². The fourth-order valence-electron chi connectivity index (χ4n) is 4.70. The first-order valence-electron chi connectivity index (χ1n) is 12.9. The van der Waals surface area contributed by atoms with Gasteiger partial charge in [0.1, 0.15) is 0 Å². The summed E-state index contributed by atoms with van der Waals surface area (Å²) < 4.78 is 29.0. The highest BCUT2D eigenvalue weighted by Crippen LogP contribution is 2.35. The first kappa shape index (κ1) is 28.0. The monoisotopic (exact) mass is 560 g/mol. The Morgan fingerprint density at radius 2 is 1.86 bits per heavy atom. The van der Waals surface area contributed by atoms with Crippen LogP contribution in [-0.2, 0) is 10.0 Å². The van der Waals surface area contributed by atoms with Gasteiger partial charge in [0.05, 0.1) is 15.1 Å². The maximum absolute atomic E-state index is 13.8. The number of carbonyl (C=O) groups is 1. The molecule has 2 aromatic carbocycles. The van der Waals surface area contributed by atoms with Crippen LogP contribution < -0.4 is 4.90 Å². The Kier molecular flexibility index (Phi) is 9.29. The minimum absolute atomic E-state index is 0.174. The molecule has 1 saturated heterocycles. The summed E-state index contributed by atoms with van der Waals surface area (Å²) in [5.74, 6) is 0.177. The van der Waals surface area contributed by atoms with Crippen molar-refractivity contribution in [3.8, 4) is 0 Å². The van der Waals surface area contributed by atoms with Gasteiger partial charge in [-0.25, -0.2) is 13.4 Å². The van der Waals surface area contributed by atoms with Crippen molar-refractivity contribution >= 4 is 54.4 Å². The number of sulfonamides is 1. The smallest absolute Gasteiger partial charge is 0.260 e. The lowest BCUT2D eigenvalue weighted by molar-refractivity contribution is 0.0983. The maximum atomic E-state index is 13.8. The Bertz CT molecular complexity index is 1320. The molecule has 1 unspecified atom stereocenters. The number of para-hydroxylation sites is 1. The molecule has 37 heavy (non-hydrogen) atoms. The summed E-state index contributed by atoms with van der Waals surface area (Å²) in [7, 11) is -3.57. The molecule has 1 aliphatic heterocycles. The molecule has 10 heteroatoms. The zero-order chi connectivity index (χ0) is 26.6. The number of thioether (sulfide) groups is 1. The predicted molar refractivity (Wildman–Crippen MR) is 154 cm³/mol. The van der Waals surface area contributed by atoms with E-state index in [-0.39, 0.29) is 10.8 Å². The molecule has 7 nitrogen and oxygen atoms in total. The van der Waals surface area contributed by atoms with Crippen LogP contribution in [-0.4, -0.2) is 74.0 Å². The van der Waals surface area contributed by atoms with E-state index in [0.29, 0.717) is 36.2 Å². The van der Waals surface area contributed by atoms with Crippen LogP contribution in [0.5, 0.6) is 0 Å². The van der Waals surface area contributed by atoms with Crippen molar-refractivity contribution < 1.29 is 13.2 Å². The fraction of sp³-hybridized carbons (Fsp3) is 0.481. The highest BCUT2D eigenvalue weighted by atomic mass is 32.2. The molecular formula is C27H36N4O3S3. The molecule has 1 aromatic heterocycles. The van der Waals surface area contributed by atoms with Crippen molar-refractivity contribution in [2.24, 2.45) is 5.92 Å². The largest absolute Gasteiger partial charge is 0.302 e. The number of benzene rings is 2. The summed E-state index contributed by atoms with van der Waals surface area (Å²) in [6.07, 6.45) is 3.95. The number of hydrogen-bond donors (Lipinski definition) is 0. The van der Waals surface area contributed by atoms with Crippen LogP contribution in [0.1, 0.15) is 44.0 Å². The molecular weight excluding hydrogens is 525 g/mol. The Morgan fingerprint density at radius 1 is 1.14 bits per heavy atom. The van der Waals surface area contributed by atoms with E-state index in [1.807, 2.05) is 24.5 Å². The van der Waals surface area contributed by atoms with Gasteiger partial charge in [-0.05, 0) is 74.5 Å². The third-order valence-corrected chi connectivity index (χ3v) is 10.7. The number of amides is 1. The lowest BCUT2D eigenvalue weighted by Gasteiger charge is -2.30. The highest BCUT2D eigenvalue weighted by Gasteiger charge is 2.29. The van der Waals surface area contributed by atoms with E-state index < -0.39 is 10.0 Å². The summed E-state index contributed by atoms with van der Waals surface area (Å²) >= 11 is 3.15. The molecule has 0 aliphatic carbocycles. The SMILES string of the molecule is CCN(CC)CCN(C(=O)c1ccc(S(=O)(=O)N2CCCC(C)C2)cc1)c1nc2c(SC)cccc2s1. The second-order valence-corrected chi connectivity index (χ2v) is 13.2. The normalized spacial score (nSPS) is 16.9. The van der Waals surface area contributed by atoms with Gasteiger partial charge >= 0.3 is 0 Å². The summed E-state index contributed by atoms with van der Waals surface area (Å²) in [4.78, 5) is 24.0. The van der Waals surface area contributed by atoms with Crippen LogP contribution in [0.2, 0.25) is 0 Å². The minimum Gasteiger partial charge on any atom is -0.302 e. The van der Waals surface area contributed by atoms with Gasteiger partial charge in [-0.3, -0.25) is 9.69 Å². The number of thiazole rings is 1. The number of hydrogen-bond acceptors (Lipinski definition) is 7. The molecule has 0 spiro atoms. The number of nitrogens with zero attached hydrogens (tertiary/aromatic N) is 4. The Hall–Kier alpha value is -1.98. The van der Waals surface area contributed by atoms with E-state index in [9.17, 15) is 13.2 Å². The molecule has 1 aliphatic rings. The minimum atomic E-state index is -3.57. The molecule has 0 saturated carbocycles. The molecule has 0 N–H and O–H groups in total. The summed E-state index contributed by atoms with van der Waals surface area (Å²) in [6, 6.07) is 12.5. The molecule has 0 bridgehead atoms. The van der Waals surface area contributed by atoms with Crippen LogP contribution >= 0.6 is 23.1 Å². The molecule has 1 fully saturated rings. The number of rotatable bonds is 10. The van der Waals surface area contributed by atoms with E-state index in [0.717, 1.165) is 47.6 Å². The third kappa shape index (κ3) is 6.20. The topological polar surface area (TPSA) is 73.8 Å². The average molecular weight is 561 g/mol. The van der Waals surface area contributed by atoms with Gasteiger partial charge in [0.2, 0.25) is 10.0 Å². The number of aromatic nitrogens is 1. The van der Waals surface area contributed by atoms with Gasteiger partial charge in [-0.1, -0.05) is 38.2 Å². The van der Waals surface area contributed by atoms with Crippen LogP contribution in [0.25, 0.3) is 10.2 Å². The van der Waals surface area contributed by atoms with Crippen molar-refractivity contribution in [1.82, 2.24) is 14.2 Å². The highest BCUT2D eigenvalue weighted by molar-refractivity contribution is 7.98. The average Bonchev–Trinajstić information content (AvgIpc) is 3.35. The zero-order valence-electron chi connectivity index (χ0n) is 22.0. The number of carbonyl (C=O) groups excluding carboxylic acids is 1. The lowest BCUT2D eigenvalue weighted by Crippen LogP contribution is -2.39. The van der Waals surface area contributed by atoms with Crippen LogP contribution in [0.3, 0.4) is 0 Å². The number of anilines is 1. The molecule has 3 aromatic rings. The number of likely N-dealkylation sites (N-methyl/N-ethyl adjacent to an activating group) is 1. The van der Waals surface area contributed by atoms with E-state index in [4.69, 9.17) is 4.98 Å². The van der Waals surface area contributed by atoms with E-state index in [1.165, 1.54) is 11.3 Å². The van der Waals surface area contributed by atoms with Crippen molar-refractivity contribution in [3.63, 3.8) is 0 Å². The van der Waals surface area contributed by atoms with Crippen LogP contribution in [0.4, 0.5) is 5.13 Å². The maximum Gasteiger partial charge on any atom is 0.260 e. The Balaban J connectivity index is 1.63. The van der Waals surface area contributed by atoms with E-state index >= 15 is 0 Å². The second kappa shape index (κ2) is 12.3. The number of piperidine rings is 1. The van der Waals surface area contributed by atoms with Crippen molar-refractivity contribution in [3.05, 3.63) is 48.0 Å². The van der Waals surface area contributed by atoms with Gasteiger partial charge in [0.15, 0.2) is 5.13 Å². The summed E-state index contributed by atoms with van der Waals surface area (Å²) in [5.41, 5.74) is 1.36. The first-order chi connectivity index (χ1) is 17.8. The molecule has 0 radical (unpaired) electrons. The van der Waals surface area contributed by atoms with Crippen LogP contribution in [0.15, 0.2) is 52.3 Å². The molecule has 2 heterocycles. The van der Waals surface area contributed by atoms with Gasteiger partial charge in [-0.15, -0.1) is 11.8 Å². The lowest BCUT2D eigenvalue weighted by atomic mass is 10.0. The first-order valence-corrected chi connectivity index (χ1v) is 16.3. The summed E-state index contributed by atoms with van der Waals surface area (Å²) in [5, 5.41) is 0.660. The van der Waals surface area contributed by atoms with E-state index in [1.54, 1.807) is 45.2 Å². The van der Waals surface area contributed by atoms with Gasteiger partial charge < -0.3 is 4.90 Å². The molecule has 1 atom stereocenters. The van der Waals surface area contributed by atoms with Gasteiger partial charge in [-0.2, -0.15) is 4.31 Å². The second-order valence-electron chi connectivity index (χ2n) is 9.42. The van der Waals surface area contributed by atoms with Gasteiger partial charge in [0.25, 0.3) is 5.91 Å². The fourth-order valence-corrected chi connectivity index (χ4v) is 7.94.